The Bertz CT molecular complexity index is 753. The lowest BCUT2D eigenvalue weighted by atomic mass is 10.1. The van der Waals surface area contributed by atoms with E-state index in [2.05, 4.69) is 32.7 Å². The SMILES string of the molecule is CCCCc1nnc(NC(=O)Nc2[nH]c(C)c(C(=O)OCC)c2C)s1. The van der Waals surface area contributed by atoms with Crippen molar-refractivity contribution in [3.8, 4) is 0 Å². The summed E-state index contributed by atoms with van der Waals surface area (Å²) in [5.41, 5.74) is 1.71. The van der Waals surface area contributed by atoms with Gasteiger partial charge in [0.25, 0.3) is 0 Å². The molecule has 25 heavy (non-hydrogen) atoms. The Morgan fingerprint density at radius 2 is 1.96 bits per heavy atom. The zero-order chi connectivity index (χ0) is 18.4. The minimum atomic E-state index is -0.446. The highest BCUT2D eigenvalue weighted by Gasteiger charge is 2.20. The maximum atomic E-state index is 12.2. The Hall–Kier alpha value is -2.42. The Morgan fingerprint density at radius 3 is 2.64 bits per heavy atom. The quantitative estimate of drug-likeness (QED) is 0.649. The van der Waals surface area contributed by atoms with Gasteiger partial charge in [0.1, 0.15) is 10.8 Å². The van der Waals surface area contributed by atoms with Crippen molar-refractivity contribution in [2.75, 3.05) is 17.2 Å². The molecule has 0 aliphatic heterocycles. The van der Waals surface area contributed by atoms with Crippen LogP contribution in [0.5, 0.6) is 0 Å². The molecule has 2 amide bonds. The molecule has 3 N–H and O–H groups in total. The third kappa shape index (κ3) is 4.79. The van der Waals surface area contributed by atoms with Crippen molar-refractivity contribution >= 4 is 34.3 Å². The summed E-state index contributed by atoms with van der Waals surface area (Å²) in [5.74, 6) is 0.0423. The van der Waals surface area contributed by atoms with E-state index in [0.717, 1.165) is 24.3 Å². The molecule has 0 fully saturated rings. The Balaban J connectivity index is 2.02. The minimum Gasteiger partial charge on any atom is -0.462 e. The van der Waals surface area contributed by atoms with E-state index in [1.54, 1.807) is 20.8 Å². The number of aromatic amines is 1. The lowest BCUT2D eigenvalue weighted by Gasteiger charge is -2.05. The number of amides is 2. The Kier molecular flexibility index (Phi) is 6.51. The van der Waals surface area contributed by atoms with Crippen LogP contribution in [-0.4, -0.2) is 33.8 Å². The van der Waals surface area contributed by atoms with E-state index in [9.17, 15) is 9.59 Å². The molecule has 0 aliphatic rings. The highest BCUT2D eigenvalue weighted by molar-refractivity contribution is 7.15. The van der Waals surface area contributed by atoms with Gasteiger partial charge in [0.15, 0.2) is 0 Å². The van der Waals surface area contributed by atoms with Gasteiger partial charge in [0, 0.05) is 17.7 Å². The average molecular weight is 365 g/mol. The predicted molar refractivity (Wildman–Crippen MR) is 97.4 cm³/mol. The standard InChI is InChI=1S/C16H23N5O3S/c1-5-7-8-11-20-21-16(25-11)19-15(23)18-13-9(3)12(10(4)17-13)14(22)24-6-2/h17H,5-8H2,1-4H3,(H2,18,19,21,23). The number of anilines is 2. The molecule has 2 aromatic heterocycles. The number of aryl methyl sites for hydroxylation is 2. The molecule has 2 aromatic rings. The van der Waals surface area contributed by atoms with Crippen LogP contribution in [-0.2, 0) is 11.2 Å². The number of rotatable bonds is 7. The minimum absolute atomic E-state index is 0.295. The smallest absolute Gasteiger partial charge is 0.340 e. The van der Waals surface area contributed by atoms with Gasteiger partial charge >= 0.3 is 12.0 Å². The van der Waals surface area contributed by atoms with Crippen molar-refractivity contribution in [2.24, 2.45) is 0 Å². The highest BCUT2D eigenvalue weighted by Crippen LogP contribution is 2.23. The summed E-state index contributed by atoms with van der Waals surface area (Å²) in [6, 6.07) is -0.446. The first kappa shape index (κ1) is 18.9. The van der Waals surface area contributed by atoms with E-state index >= 15 is 0 Å². The maximum Gasteiger partial charge on any atom is 0.340 e. The van der Waals surface area contributed by atoms with Crippen molar-refractivity contribution in [2.45, 2.75) is 47.0 Å². The van der Waals surface area contributed by atoms with Crippen LogP contribution in [0.15, 0.2) is 0 Å². The molecular weight excluding hydrogens is 342 g/mol. The number of esters is 1. The number of carbonyl (C=O) groups excluding carboxylic acids is 2. The van der Waals surface area contributed by atoms with Crippen LogP contribution < -0.4 is 10.6 Å². The van der Waals surface area contributed by atoms with E-state index in [4.69, 9.17) is 4.74 Å². The molecule has 8 nitrogen and oxygen atoms in total. The van der Waals surface area contributed by atoms with Gasteiger partial charge in [0.2, 0.25) is 5.13 Å². The van der Waals surface area contributed by atoms with Crippen LogP contribution in [0, 0.1) is 13.8 Å². The number of ether oxygens (including phenoxy) is 1. The van der Waals surface area contributed by atoms with Crippen molar-refractivity contribution in [1.29, 1.82) is 0 Å². The van der Waals surface area contributed by atoms with Gasteiger partial charge in [-0.15, -0.1) is 10.2 Å². The van der Waals surface area contributed by atoms with Crippen LogP contribution in [0.4, 0.5) is 15.7 Å². The van der Waals surface area contributed by atoms with Crippen LogP contribution in [0.25, 0.3) is 0 Å². The monoisotopic (exact) mass is 365 g/mol. The van der Waals surface area contributed by atoms with E-state index < -0.39 is 12.0 Å². The number of carbonyl (C=O) groups is 2. The van der Waals surface area contributed by atoms with Crippen LogP contribution >= 0.6 is 11.3 Å². The third-order valence-electron chi connectivity index (χ3n) is 3.59. The number of nitrogens with one attached hydrogen (secondary N) is 3. The van der Waals surface area contributed by atoms with Crippen LogP contribution in [0.2, 0.25) is 0 Å². The number of aromatic nitrogens is 3. The van der Waals surface area contributed by atoms with E-state index in [0.29, 0.717) is 34.4 Å². The molecule has 0 saturated heterocycles. The van der Waals surface area contributed by atoms with E-state index in [1.165, 1.54) is 11.3 Å². The number of unbranched alkanes of at least 4 members (excludes halogenated alkanes) is 1. The second kappa shape index (κ2) is 8.61. The topological polar surface area (TPSA) is 109 Å². The van der Waals surface area contributed by atoms with Gasteiger partial charge in [0.05, 0.1) is 12.2 Å². The van der Waals surface area contributed by atoms with Crippen molar-refractivity contribution in [3.05, 3.63) is 21.8 Å². The molecule has 0 radical (unpaired) electrons. The fourth-order valence-electron chi connectivity index (χ4n) is 2.36. The maximum absolute atomic E-state index is 12.2. The van der Waals surface area contributed by atoms with Gasteiger partial charge in [-0.3, -0.25) is 10.6 Å². The Morgan fingerprint density at radius 1 is 1.20 bits per heavy atom. The first-order chi connectivity index (χ1) is 12.0. The lowest BCUT2D eigenvalue weighted by molar-refractivity contribution is 0.0525. The first-order valence-electron chi connectivity index (χ1n) is 8.22. The molecule has 2 rings (SSSR count). The van der Waals surface area contributed by atoms with Gasteiger partial charge < -0.3 is 9.72 Å². The first-order valence-corrected chi connectivity index (χ1v) is 9.04. The van der Waals surface area contributed by atoms with Crippen molar-refractivity contribution < 1.29 is 14.3 Å². The fourth-order valence-corrected chi connectivity index (χ4v) is 3.14. The second-order valence-electron chi connectivity index (χ2n) is 5.53. The third-order valence-corrected chi connectivity index (χ3v) is 4.49. The largest absolute Gasteiger partial charge is 0.462 e. The highest BCUT2D eigenvalue weighted by atomic mass is 32.1. The van der Waals surface area contributed by atoms with Crippen molar-refractivity contribution in [1.82, 2.24) is 15.2 Å². The summed E-state index contributed by atoms with van der Waals surface area (Å²) in [6.45, 7) is 7.66. The summed E-state index contributed by atoms with van der Waals surface area (Å²) in [5, 5.41) is 14.7. The molecular formula is C16H23N5O3S. The van der Waals surface area contributed by atoms with Crippen LogP contribution in [0.3, 0.4) is 0 Å². The van der Waals surface area contributed by atoms with Crippen molar-refractivity contribution in [3.63, 3.8) is 0 Å². The summed E-state index contributed by atoms with van der Waals surface area (Å²) in [4.78, 5) is 27.1. The van der Waals surface area contributed by atoms with E-state index in [-0.39, 0.29) is 0 Å². The lowest BCUT2D eigenvalue weighted by Crippen LogP contribution is -2.20. The van der Waals surface area contributed by atoms with Crippen LogP contribution in [0.1, 0.15) is 53.3 Å². The average Bonchev–Trinajstić information content (AvgIpc) is 3.10. The molecule has 0 atom stereocenters. The molecule has 0 unspecified atom stereocenters. The van der Waals surface area contributed by atoms with E-state index in [1.807, 2.05) is 0 Å². The molecule has 0 bridgehead atoms. The molecule has 0 aliphatic carbocycles. The van der Waals surface area contributed by atoms with Gasteiger partial charge in [-0.05, 0) is 27.2 Å². The zero-order valence-corrected chi connectivity index (χ0v) is 15.7. The van der Waals surface area contributed by atoms with Gasteiger partial charge in [-0.1, -0.05) is 24.7 Å². The molecule has 9 heteroatoms. The summed E-state index contributed by atoms with van der Waals surface area (Å²) in [7, 11) is 0. The number of nitrogens with zero attached hydrogens (tertiary/aromatic N) is 2. The predicted octanol–water partition coefficient (Wildman–Crippen LogP) is 3.65. The summed E-state index contributed by atoms with van der Waals surface area (Å²) in [6.07, 6.45) is 2.98. The molecule has 136 valence electrons. The van der Waals surface area contributed by atoms with Gasteiger partial charge in [-0.25, -0.2) is 9.59 Å². The molecule has 0 aromatic carbocycles. The molecule has 0 spiro atoms. The fraction of sp³-hybridized carbons (Fsp3) is 0.500. The Labute approximate surface area is 150 Å². The normalized spacial score (nSPS) is 10.6. The summed E-state index contributed by atoms with van der Waals surface area (Å²) >= 11 is 1.36. The summed E-state index contributed by atoms with van der Waals surface area (Å²) < 4.78 is 5.03. The number of hydrogen-bond donors (Lipinski definition) is 3. The molecule has 2 heterocycles. The second-order valence-corrected chi connectivity index (χ2v) is 6.59. The number of H-pyrrole nitrogens is 1. The number of hydrogen-bond acceptors (Lipinski definition) is 6. The number of urea groups is 1. The zero-order valence-electron chi connectivity index (χ0n) is 14.9. The van der Waals surface area contributed by atoms with Gasteiger partial charge in [-0.2, -0.15) is 0 Å². The molecule has 0 saturated carbocycles.